The minimum Gasteiger partial charge on any atom is -0.445 e. The van der Waals surface area contributed by atoms with Crippen LogP contribution in [-0.4, -0.2) is 6.98 Å². The summed E-state index contributed by atoms with van der Waals surface area (Å²) in [7, 11) is 0. The molecule has 0 heterocycles. The van der Waals surface area contributed by atoms with E-state index in [2.05, 4.69) is 0 Å². The molecule has 0 aromatic carbocycles. The normalized spacial score (nSPS) is 20.4. The van der Waals surface area contributed by atoms with Gasteiger partial charge < -0.3 is 12.9 Å². The Morgan fingerprint density at radius 3 is 1.83 bits per heavy atom. The molecule has 0 saturated heterocycles. The molecule has 4 heteroatoms. The van der Waals surface area contributed by atoms with Gasteiger partial charge in [-0.3, -0.25) is 0 Å². The third-order valence-electron chi connectivity index (χ3n) is 2.17. The first-order chi connectivity index (χ1) is 5.58. The number of halogens is 3. The van der Waals surface area contributed by atoms with Crippen LogP contribution in [0, 0.1) is 0 Å². The van der Waals surface area contributed by atoms with Gasteiger partial charge >= 0.3 is 6.98 Å². The molecule has 70 valence electrons. The van der Waals surface area contributed by atoms with Crippen LogP contribution in [0.25, 0.3) is 0 Å². The van der Waals surface area contributed by atoms with Gasteiger partial charge in [-0.1, -0.05) is 12.8 Å². The quantitative estimate of drug-likeness (QED) is 0.423. The van der Waals surface area contributed by atoms with Crippen LogP contribution in [0.3, 0.4) is 0 Å². The van der Waals surface area contributed by atoms with Crippen LogP contribution in [0.1, 0.15) is 38.5 Å². The van der Waals surface area contributed by atoms with E-state index in [4.69, 9.17) is 0 Å². The van der Waals surface area contributed by atoms with Crippen molar-refractivity contribution in [1.29, 1.82) is 0 Å². The van der Waals surface area contributed by atoms with E-state index in [-0.39, 0.29) is 0 Å². The van der Waals surface area contributed by atoms with E-state index in [0.717, 1.165) is 25.7 Å². The van der Waals surface area contributed by atoms with E-state index in [1.165, 1.54) is 0 Å². The Bertz CT molecular complexity index is 162. The number of rotatable bonds is 1. The molecule has 1 rings (SSSR count). The molecule has 1 saturated carbocycles. The van der Waals surface area contributed by atoms with Gasteiger partial charge in [-0.25, -0.2) is 0 Å². The third-order valence-corrected chi connectivity index (χ3v) is 2.17. The van der Waals surface area contributed by atoms with Gasteiger partial charge in [-0.2, -0.15) is 0 Å². The first-order valence-corrected chi connectivity index (χ1v) is 4.48. The molecule has 0 aromatic heterocycles. The highest BCUT2D eigenvalue weighted by molar-refractivity contribution is 6.64. The number of hydrogen-bond donors (Lipinski definition) is 0. The molecule has 0 amide bonds. The van der Waals surface area contributed by atoms with E-state index in [9.17, 15) is 12.9 Å². The first kappa shape index (κ1) is 9.68. The Morgan fingerprint density at radius 1 is 0.917 bits per heavy atom. The number of hydrogen-bond acceptors (Lipinski definition) is 0. The van der Waals surface area contributed by atoms with Crippen molar-refractivity contribution in [3.05, 3.63) is 11.5 Å². The highest BCUT2D eigenvalue weighted by atomic mass is 19.4. The molecule has 1 aliphatic carbocycles. The summed E-state index contributed by atoms with van der Waals surface area (Å²) in [6.07, 6.45) is 5.34. The molecule has 0 bridgehead atoms. The summed E-state index contributed by atoms with van der Waals surface area (Å²) >= 11 is 0. The maximum absolute atomic E-state index is 12.0. The topological polar surface area (TPSA) is 0 Å². The molecule has 0 unspecified atom stereocenters. The molecule has 0 spiro atoms. The van der Waals surface area contributed by atoms with Crippen LogP contribution in [0.5, 0.6) is 0 Å². The zero-order valence-corrected chi connectivity index (χ0v) is 7.03. The maximum atomic E-state index is 12.0. The average Bonchev–Trinajstić information content (AvgIpc) is 2.12. The molecule has 12 heavy (non-hydrogen) atoms. The second-order valence-corrected chi connectivity index (χ2v) is 3.36. The van der Waals surface area contributed by atoms with Gasteiger partial charge in [0.25, 0.3) is 0 Å². The van der Waals surface area contributed by atoms with Gasteiger partial charge in [0.1, 0.15) is 0 Å². The van der Waals surface area contributed by atoms with Gasteiger partial charge in [-0.05, 0) is 25.7 Å². The molecule has 0 N–H and O–H groups in total. The molecule has 0 radical (unpaired) electrons. The van der Waals surface area contributed by atoms with Gasteiger partial charge in [0, 0.05) is 0 Å². The molecule has 0 atom stereocenters. The maximum Gasteiger partial charge on any atom is 0.502 e. The summed E-state index contributed by atoms with van der Waals surface area (Å²) in [6.45, 7) is -4.70. The molecular weight excluding hydrogens is 164 g/mol. The van der Waals surface area contributed by atoms with Gasteiger partial charge in [-0.15, -0.1) is 11.5 Å². The summed E-state index contributed by atoms with van der Waals surface area (Å²) in [6, 6.07) is 0. The van der Waals surface area contributed by atoms with Crippen molar-refractivity contribution in [3.8, 4) is 0 Å². The summed E-state index contributed by atoms with van der Waals surface area (Å²) in [5.74, 6) is 0.547. The summed E-state index contributed by atoms with van der Waals surface area (Å²) in [5.41, 5.74) is 0.611. The predicted octanol–water partition coefficient (Wildman–Crippen LogP) is 3.65. The van der Waals surface area contributed by atoms with E-state index < -0.39 is 6.98 Å². The zero-order chi connectivity index (χ0) is 9.03. The lowest BCUT2D eigenvalue weighted by Crippen LogP contribution is -2.11. The lowest BCUT2D eigenvalue weighted by molar-refractivity contribution is 0.497. The molecule has 0 aromatic rings. The Balaban J connectivity index is 2.53. The van der Waals surface area contributed by atoms with Crippen LogP contribution in [0.2, 0.25) is 0 Å². The fourth-order valence-electron chi connectivity index (χ4n) is 1.62. The Kier molecular flexibility index (Phi) is 3.24. The average molecular weight is 177 g/mol. The monoisotopic (exact) mass is 177 g/mol. The standard InChI is InChI=1S/C8H13BF3/c10-9(11,12)7-8-5-3-1-2-4-6-8/h7H,1-6H2/q-1. The molecule has 1 aliphatic rings. The summed E-state index contributed by atoms with van der Waals surface area (Å²) in [5, 5.41) is 0. The van der Waals surface area contributed by atoms with Gasteiger partial charge in [0.2, 0.25) is 0 Å². The largest absolute Gasteiger partial charge is 0.502 e. The van der Waals surface area contributed by atoms with E-state index >= 15 is 0 Å². The lowest BCUT2D eigenvalue weighted by Gasteiger charge is -2.11. The van der Waals surface area contributed by atoms with Crippen molar-refractivity contribution in [2.24, 2.45) is 0 Å². The van der Waals surface area contributed by atoms with Crippen molar-refractivity contribution in [3.63, 3.8) is 0 Å². The van der Waals surface area contributed by atoms with E-state index in [1.54, 1.807) is 0 Å². The van der Waals surface area contributed by atoms with Gasteiger partial charge in [0.15, 0.2) is 0 Å². The van der Waals surface area contributed by atoms with Crippen LogP contribution >= 0.6 is 0 Å². The molecule has 1 fully saturated rings. The lowest BCUT2D eigenvalue weighted by atomic mass is 9.86. The zero-order valence-electron chi connectivity index (χ0n) is 7.03. The Morgan fingerprint density at radius 2 is 1.42 bits per heavy atom. The van der Waals surface area contributed by atoms with E-state index in [1.807, 2.05) is 0 Å². The Hall–Kier alpha value is -0.405. The first-order valence-electron chi connectivity index (χ1n) is 4.48. The second kappa shape index (κ2) is 4.01. The molecule has 0 aliphatic heterocycles. The fourth-order valence-corrected chi connectivity index (χ4v) is 1.62. The minimum absolute atomic E-state index is 0.547. The molecular formula is C8H13BF3-. The van der Waals surface area contributed by atoms with Crippen LogP contribution in [0.4, 0.5) is 12.9 Å². The van der Waals surface area contributed by atoms with Crippen molar-refractivity contribution in [2.45, 2.75) is 38.5 Å². The molecule has 0 nitrogen and oxygen atoms in total. The van der Waals surface area contributed by atoms with Crippen LogP contribution in [0.15, 0.2) is 11.5 Å². The highest BCUT2D eigenvalue weighted by Gasteiger charge is 2.19. The van der Waals surface area contributed by atoms with Crippen LogP contribution in [-0.2, 0) is 0 Å². The van der Waals surface area contributed by atoms with Crippen molar-refractivity contribution in [1.82, 2.24) is 0 Å². The third kappa shape index (κ3) is 3.84. The predicted molar refractivity (Wildman–Crippen MR) is 44.9 cm³/mol. The van der Waals surface area contributed by atoms with Crippen molar-refractivity contribution < 1.29 is 12.9 Å². The van der Waals surface area contributed by atoms with Crippen LogP contribution < -0.4 is 0 Å². The Labute approximate surface area is 70.9 Å². The second-order valence-electron chi connectivity index (χ2n) is 3.36. The smallest absolute Gasteiger partial charge is 0.445 e. The van der Waals surface area contributed by atoms with Crippen molar-refractivity contribution in [2.75, 3.05) is 0 Å². The van der Waals surface area contributed by atoms with Gasteiger partial charge in [0.05, 0.1) is 0 Å². The SMILES string of the molecule is F[B-](F)(F)C=C1CCCCCC1. The summed E-state index contributed by atoms with van der Waals surface area (Å²) < 4.78 is 35.9. The highest BCUT2D eigenvalue weighted by Crippen LogP contribution is 2.25. The van der Waals surface area contributed by atoms with E-state index in [0.29, 0.717) is 24.4 Å². The number of allylic oxidation sites excluding steroid dienone is 1. The summed E-state index contributed by atoms with van der Waals surface area (Å²) in [4.78, 5) is 0. The minimum atomic E-state index is -4.70. The fraction of sp³-hybridized carbons (Fsp3) is 0.750. The van der Waals surface area contributed by atoms with Crippen molar-refractivity contribution >= 4 is 6.98 Å².